The highest BCUT2D eigenvalue weighted by Gasteiger charge is 2.25. The van der Waals surface area contributed by atoms with Crippen molar-refractivity contribution in [1.82, 2.24) is 4.90 Å². The number of imide groups is 1. The van der Waals surface area contributed by atoms with Crippen molar-refractivity contribution in [2.45, 2.75) is 6.42 Å². The Labute approximate surface area is 74.1 Å². The molecular weight excluding hydrogens is 186 g/mol. The highest BCUT2D eigenvalue weighted by molar-refractivity contribution is 8.13. The summed E-state index contributed by atoms with van der Waals surface area (Å²) in [7, 11) is 0. The molecule has 0 unspecified atom stereocenters. The molecule has 2 amide bonds. The molecule has 0 aromatic rings. The van der Waals surface area contributed by atoms with Crippen molar-refractivity contribution in [1.29, 1.82) is 0 Å². The van der Waals surface area contributed by atoms with Gasteiger partial charge in [-0.3, -0.25) is 14.5 Å². The molecule has 11 heavy (non-hydrogen) atoms. The van der Waals surface area contributed by atoms with Gasteiger partial charge in [0.25, 0.3) is 5.24 Å². The molecule has 0 bridgehead atoms. The first-order valence-corrected chi connectivity index (χ1v) is 4.81. The standard InChI is InChI=1S/C6H8ClNO2S/c7-2-3-8-5(9)1-4-11-6(8)10/h1-4H2. The molecular formula is C6H8ClNO2S. The molecule has 1 saturated heterocycles. The molecule has 0 radical (unpaired) electrons. The number of hydrogen-bond donors (Lipinski definition) is 0. The van der Waals surface area contributed by atoms with Crippen LogP contribution in [-0.4, -0.2) is 34.2 Å². The van der Waals surface area contributed by atoms with Gasteiger partial charge in [0.15, 0.2) is 0 Å². The minimum absolute atomic E-state index is 0.102. The number of thioether (sulfide) groups is 1. The van der Waals surface area contributed by atoms with Crippen LogP contribution in [0.25, 0.3) is 0 Å². The maximum Gasteiger partial charge on any atom is 0.288 e. The molecule has 0 saturated carbocycles. The van der Waals surface area contributed by atoms with Gasteiger partial charge in [-0.15, -0.1) is 11.6 Å². The van der Waals surface area contributed by atoms with E-state index in [9.17, 15) is 9.59 Å². The average molecular weight is 194 g/mol. The SMILES string of the molecule is O=C1CCSC(=O)N1CCCl. The fourth-order valence-electron chi connectivity index (χ4n) is 0.841. The fourth-order valence-corrected chi connectivity index (χ4v) is 1.81. The monoisotopic (exact) mass is 193 g/mol. The highest BCUT2D eigenvalue weighted by Crippen LogP contribution is 2.17. The zero-order chi connectivity index (χ0) is 8.27. The molecule has 1 fully saturated rings. The van der Waals surface area contributed by atoms with Gasteiger partial charge >= 0.3 is 0 Å². The summed E-state index contributed by atoms with van der Waals surface area (Å²) in [4.78, 5) is 23.2. The summed E-state index contributed by atoms with van der Waals surface area (Å²) < 4.78 is 0. The molecule has 5 heteroatoms. The van der Waals surface area contributed by atoms with E-state index in [2.05, 4.69) is 0 Å². The smallest absolute Gasteiger partial charge is 0.274 e. The molecule has 1 aliphatic heterocycles. The number of nitrogens with zero attached hydrogens (tertiary/aromatic N) is 1. The van der Waals surface area contributed by atoms with Gasteiger partial charge in [0, 0.05) is 24.6 Å². The predicted molar refractivity (Wildman–Crippen MR) is 44.9 cm³/mol. The van der Waals surface area contributed by atoms with E-state index in [0.29, 0.717) is 24.6 Å². The predicted octanol–water partition coefficient (Wildman–Crippen LogP) is 1.31. The molecule has 1 aliphatic rings. The number of carbonyl (C=O) groups is 2. The van der Waals surface area contributed by atoms with Crippen LogP contribution in [-0.2, 0) is 4.79 Å². The molecule has 3 nitrogen and oxygen atoms in total. The van der Waals surface area contributed by atoms with Gasteiger partial charge in [0.2, 0.25) is 5.91 Å². The van der Waals surface area contributed by atoms with Crippen LogP contribution in [0.2, 0.25) is 0 Å². The van der Waals surface area contributed by atoms with Crippen molar-refractivity contribution in [2.24, 2.45) is 0 Å². The molecule has 0 aliphatic carbocycles. The Morgan fingerprint density at radius 1 is 1.55 bits per heavy atom. The third-order valence-corrected chi connectivity index (χ3v) is 2.42. The number of rotatable bonds is 2. The summed E-state index contributed by atoms with van der Waals surface area (Å²) in [5.41, 5.74) is 0. The second-order valence-corrected chi connectivity index (χ2v) is 3.52. The number of hydrogen-bond acceptors (Lipinski definition) is 3. The normalized spacial score (nSPS) is 19.2. The minimum atomic E-state index is -0.165. The summed E-state index contributed by atoms with van der Waals surface area (Å²) >= 11 is 6.59. The number of carbonyl (C=O) groups excluding carboxylic acids is 2. The molecule has 0 N–H and O–H groups in total. The Hall–Kier alpha value is -0.220. The van der Waals surface area contributed by atoms with Crippen LogP contribution in [0.3, 0.4) is 0 Å². The highest BCUT2D eigenvalue weighted by atomic mass is 35.5. The van der Waals surface area contributed by atoms with E-state index in [1.54, 1.807) is 0 Å². The third kappa shape index (κ3) is 2.10. The Morgan fingerprint density at radius 2 is 2.27 bits per heavy atom. The summed E-state index contributed by atoms with van der Waals surface area (Å²) in [6.07, 6.45) is 0.452. The minimum Gasteiger partial charge on any atom is -0.274 e. The lowest BCUT2D eigenvalue weighted by Gasteiger charge is -2.22. The largest absolute Gasteiger partial charge is 0.288 e. The van der Waals surface area contributed by atoms with Gasteiger partial charge in [-0.2, -0.15) is 0 Å². The Bertz CT molecular complexity index is 169. The van der Waals surface area contributed by atoms with E-state index in [-0.39, 0.29) is 11.1 Å². The number of alkyl halides is 1. The van der Waals surface area contributed by atoms with Crippen LogP contribution in [0.15, 0.2) is 0 Å². The van der Waals surface area contributed by atoms with Gasteiger partial charge in [-0.25, -0.2) is 0 Å². The van der Waals surface area contributed by atoms with Crippen molar-refractivity contribution >= 4 is 34.5 Å². The van der Waals surface area contributed by atoms with E-state index in [4.69, 9.17) is 11.6 Å². The summed E-state index contributed by atoms with van der Waals surface area (Å²) in [5.74, 6) is 0.823. The lowest BCUT2D eigenvalue weighted by Crippen LogP contribution is -2.39. The summed E-state index contributed by atoms with van der Waals surface area (Å²) in [6.45, 7) is 0.340. The first-order chi connectivity index (χ1) is 5.25. The van der Waals surface area contributed by atoms with Gasteiger partial charge in [-0.05, 0) is 0 Å². The van der Waals surface area contributed by atoms with E-state index in [1.807, 2.05) is 0 Å². The quantitative estimate of drug-likeness (QED) is 0.621. The van der Waals surface area contributed by atoms with E-state index in [1.165, 1.54) is 16.7 Å². The molecule has 1 heterocycles. The molecule has 0 aromatic heterocycles. The van der Waals surface area contributed by atoms with Gasteiger partial charge in [0.05, 0.1) is 0 Å². The first-order valence-electron chi connectivity index (χ1n) is 3.29. The Morgan fingerprint density at radius 3 is 2.82 bits per heavy atom. The molecule has 0 spiro atoms. The van der Waals surface area contributed by atoms with Crippen molar-refractivity contribution in [3.8, 4) is 0 Å². The zero-order valence-electron chi connectivity index (χ0n) is 5.88. The summed E-state index contributed by atoms with van der Waals surface area (Å²) in [5, 5.41) is -0.165. The zero-order valence-corrected chi connectivity index (χ0v) is 7.45. The van der Waals surface area contributed by atoms with Crippen molar-refractivity contribution in [2.75, 3.05) is 18.2 Å². The molecule has 62 valence electrons. The van der Waals surface area contributed by atoms with Crippen molar-refractivity contribution in [3.63, 3.8) is 0 Å². The molecule has 0 atom stereocenters. The average Bonchev–Trinajstić information content (AvgIpc) is 1.97. The number of halogens is 1. The maximum atomic E-state index is 11.0. The topological polar surface area (TPSA) is 37.4 Å². The fraction of sp³-hybridized carbons (Fsp3) is 0.667. The maximum absolute atomic E-state index is 11.0. The van der Waals surface area contributed by atoms with E-state index < -0.39 is 0 Å². The second-order valence-electron chi connectivity index (χ2n) is 2.10. The second kappa shape index (κ2) is 3.97. The van der Waals surface area contributed by atoms with Crippen molar-refractivity contribution < 1.29 is 9.59 Å². The number of amides is 2. The van der Waals surface area contributed by atoms with Crippen LogP contribution in [0.4, 0.5) is 4.79 Å². The Balaban J connectivity index is 2.55. The van der Waals surface area contributed by atoms with Gasteiger partial charge in [-0.1, -0.05) is 11.8 Å². The van der Waals surface area contributed by atoms with E-state index in [0.717, 1.165) is 0 Å². The lowest BCUT2D eigenvalue weighted by atomic mass is 10.4. The van der Waals surface area contributed by atoms with Crippen LogP contribution < -0.4 is 0 Å². The summed E-state index contributed by atoms with van der Waals surface area (Å²) in [6, 6.07) is 0. The van der Waals surface area contributed by atoms with Crippen LogP contribution in [0.1, 0.15) is 6.42 Å². The van der Waals surface area contributed by atoms with Gasteiger partial charge < -0.3 is 0 Å². The van der Waals surface area contributed by atoms with Crippen LogP contribution in [0, 0.1) is 0 Å². The first kappa shape index (κ1) is 8.87. The van der Waals surface area contributed by atoms with Gasteiger partial charge in [0.1, 0.15) is 0 Å². The van der Waals surface area contributed by atoms with E-state index >= 15 is 0 Å². The molecule has 1 rings (SSSR count). The third-order valence-electron chi connectivity index (χ3n) is 1.37. The lowest BCUT2D eigenvalue weighted by molar-refractivity contribution is -0.127. The molecule has 0 aromatic carbocycles. The van der Waals surface area contributed by atoms with Crippen molar-refractivity contribution in [3.05, 3.63) is 0 Å². The van der Waals surface area contributed by atoms with Crippen LogP contribution >= 0.6 is 23.4 Å². The van der Waals surface area contributed by atoms with Crippen LogP contribution in [0.5, 0.6) is 0 Å². The Kier molecular flexibility index (Phi) is 3.20.